The molecule has 0 amide bonds. The largest absolute Gasteiger partial charge is 0.425 e. The molecule has 0 bridgehead atoms. The second-order valence-corrected chi connectivity index (χ2v) is 2.08. The Morgan fingerprint density at radius 2 is 2.30 bits per heavy atom. The molecule has 0 aliphatic heterocycles. The Balaban J connectivity index is 2.30. The lowest BCUT2D eigenvalue weighted by Crippen LogP contribution is -2.00. The van der Waals surface area contributed by atoms with Gasteiger partial charge in [0.15, 0.2) is 5.94 Å². The maximum atomic E-state index is 10.7. The van der Waals surface area contributed by atoms with Gasteiger partial charge in [-0.1, -0.05) is 0 Å². The molecule has 0 aromatic rings. The average molecular weight is 138 g/mol. The fourth-order valence-electron chi connectivity index (χ4n) is 0.527. The van der Waals surface area contributed by atoms with Crippen molar-refractivity contribution in [2.45, 2.75) is 12.8 Å². The maximum absolute atomic E-state index is 10.7. The van der Waals surface area contributed by atoms with E-state index in [0.717, 1.165) is 19.1 Å². The van der Waals surface area contributed by atoms with Gasteiger partial charge in [-0.25, -0.2) is 4.79 Å². The van der Waals surface area contributed by atoms with Crippen molar-refractivity contribution in [3.63, 3.8) is 0 Å². The minimum absolute atomic E-state index is 0.0599. The number of ether oxygens (including phenoxy) is 1. The van der Waals surface area contributed by atoms with Crippen molar-refractivity contribution in [2.24, 2.45) is 5.92 Å². The fourth-order valence-corrected chi connectivity index (χ4v) is 0.527. The second-order valence-electron chi connectivity index (χ2n) is 2.08. The van der Waals surface area contributed by atoms with Crippen molar-refractivity contribution in [1.29, 1.82) is 0 Å². The monoisotopic (exact) mass is 138 g/mol. The van der Waals surface area contributed by atoms with Gasteiger partial charge in [0.1, 0.15) is 6.26 Å². The predicted molar refractivity (Wildman–Crippen MR) is 32.6 cm³/mol. The van der Waals surface area contributed by atoms with Gasteiger partial charge >= 0.3 is 5.97 Å². The molecule has 0 aromatic heterocycles. The normalized spacial score (nSPS) is 14.8. The number of hydrogen-bond donors (Lipinski definition) is 0. The maximum Gasteiger partial charge on any atom is 0.314 e. The summed E-state index contributed by atoms with van der Waals surface area (Å²) in [7, 11) is 0. The summed E-state index contributed by atoms with van der Waals surface area (Å²) in [6.07, 6.45) is 2.74. The first kappa shape index (κ1) is 6.81. The number of rotatable bonds is 2. The van der Waals surface area contributed by atoms with Crippen LogP contribution < -0.4 is 0 Å². The van der Waals surface area contributed by atoms with Crippen molar-refractivity contribution >= 4 is 11.9 Å². The van der Waals surface area contributed by atoms with Crippen molar-refractivity contribution in [1.82, 2.24) is 0 Å². The van der Waals surface area contributed by atoms with E-state index in [1.165, 1.54) is 5.94 Å². The molecule has 1 saturated carbocycles. The van der Waals surface area contributed by atoms with Crippen LogP contribution in [0.25, 0.3) is 0 Å². The molecule has 0 radical (unpaired) electrons. The van der Waals surface area contributed by atoms with Crippen LogP contribution in [0.4, 0.5) is 0 Å². The zero-order valence-electron chi connectivity index (χ0n) is 5.29. The summed E-state index contributed by atoms with van der Waals surface area (Å²) in [5.74, 6) is 1.13. The molecule has 0 saturated heterocycles. The smallest absolute Gasteiger partial charge is 0.314 e. The van der Waals surface area contributed by atoms with Gasteiger partial charge in [0.25, 0.3) is 0 Å². The highest BCUT2D eigenvalue weighted by atomic mass is 16.5. The third-order valence-electron chi connectivity index (χ3n) is 1.20. The van der Waals surface area contributed by atoms with Crippen LogP contribution in [0.2, 0.25) is 0 Å². The molecular formula is C7H6O3. The van der Waals surface area contributed by atoms with Crippen molar-refractivity contribution in [2.75, 3.05) is 0 Å². The third kappa shape index (κ3) is 1.90. The van der Waals surface area contributed by atoms with Gasteiger partial charge in [-0.2, -0.15) is 0 Å². The molecule has 0 heterocycles. The highest BCUT2D eigenvalue weighted by Gasteiger charge is 2.30. The van der Waals surface area contributed by atoms with Crippen LogP contribution >= 0.6 is 0 Å². The van der Waals surface area contributed by atoms with E-state index >= 15 is 0 Å². The van der Waals surface area contributed by atoms with Gasteiger partial charge in [-0.3, -0.25) is 4.79 Å². The van der Waals surface area contributed by atoms with E-state index < -0.39 is 0 Å². The molecule has 1 rings (SSSR count). The van der Waals surface area contributed by atoms with Crippen LogP contribution in [0.3, 0.4) is 0 Å². The first-order valence-electron chi connectivity index (χ1n) is 2.99. The minimum atomic E-state index is -0.275. The molecule has 10 heavy (non-hydrogen) atoms. The van der Waals surface area contributed by atoms with Crippen LogP contribution in [0, 0.1) is 5.92 Å². The molecule has 52 valence electrons. The summed E-state index contributed by atoms with van der Waals surface area (Å²) in [6.45, 7) is 0. The average Bonchev–Trinajstić information content (AvgIpc) is 2.69. The standard InChI is InChI=1S/C7H6O3/c8-4-1-5-10-7(9)6-2-3-6/h5-6H,2-3H2. The molecule has 0 aromatic carbocycles. The van der Waals surface area contributed by atoms with E-state index in [-0.39, 0.29) is 11.9 Å². The Labute approximate surface area is 58.0 Å². The van der Waals surface area contributed by atoms with Gasteiger partial charge in [-0.15, -0.1) is 0 Å². The van der Waals surface area contributed by atoms with Crippen molar-refractivity contribution in [3.8, 4) is 0 Å². The van der Waals surface area contributed by atoms with Crippen LogP contribution in [0.1, 0.15) is 12.8 Å². The molecule has 3 heteroatoms. The molecule has 1 aliphatic carbocycles. The first-order valence-corrected chi connectivity index (χ1v) is 2.99. The van der Waals surface area contributed by atoms with E-state index in [4.69, 9.17) is 0 Å². The van der Waals surface area contributed by atoms with Crippen LogP contribution in [0.15, 0.2) is 12.0 Å². The number of hydrogen-bond acceptors (Lipinski definition) is 3. The second kappa shape index (κ2) is 3.02. The molecule has 1 aliphatic rings. The Kier molecular flexibility index (Phi) is 2.06. The number of carbonyl (C=O) groups excluding carboxylic acids is 2. The summed E-state index contributed by atoms with van der Waals surface area (Å²) in [5.41, 5.74) is 1.99. The van der Waals surface area contributed by atoms with Crippen molar-refractivity contribution in [3.05, 3.63) is 12.0 Å². The molecule has 1 fully saturated rings. The Morgan fingerprint density at radius 3 is 2.80 bits per heavy atom. The molecule has 3 nitrogen and oxygen atoms in total. The van der Waals surface area contributed by atoms with Crippen LogP contribution in [-0.2, 0) is 14.3 Å². The Morgan fingerprint density at radius 1 is 1.60 bits per heavy atom. The highest BCUT2D eigenvalue weighted by molar-refractivity contribution is 5.75. The minimum Gasteiger partial charge on any atom is -0.425 e. The highest BCUT2D eigenvalue weighted by Crippen LogP contribution is 2.29. The Bertz CT molecular complexity index is 215. The molecule has 0 N–H and O–H groups in total. The number of carbonyl (C=O) groups is 1. The fraction of sp³-hybridized carbons (Fsp3) is 0.429. The summed E-state index contributed by atoms with van der Waals surface area (Å²) in [4.78, 5) is 20.2. The van der Waals surface area contributed by atoms with E-state index in [0.29, 0.717) is 0 Å². The van der Waals surface area contributed by atoms with E-state index in [1.54, 1.807) is 0 Å². The zero-order chi connectivity index (χ0) is 7.40. The number of esters is 1. The van der Waals surface area contributed by atoms with E-state index in [9.17, 15) is 9.59 Å². The summed E-state index contributed by atoms with van der Waals surface area (Å²) in [6, 6.07) is 0. The summed E-state index contributed by atoms with van der Waals surface area (Å²) < 4.78 is 4.47. The molecule has 0 unspecified atom stereocenters. The summed E-state index contributed by atoms with van der Waals surface area (Å²) >= 11 is 0. The van der Waals surface area contributed by atoms with Gasteiger partial charge in [0.05, 0.1) is 5.92 Å². The molecule has 0 spiro atoms. The first-order chi connectivity index (χ1) is 4.84. The topological polar surface area (TPSA) is 43.4 Å². The molecular weight excluding hydrogens is 132 g/mol. The SMILES string of the molecule is O=C=C=COC(=O)C1CC1. The third-order valence-corrected chi connectivity index (χ3v) is 1.20. The lowest BCUT2D eigenvalue weighted by Gasteiger charge is -1.90. The van der Waals surface area contributed by atoms with Crippen LogP contribution in [0.5, 0.6) is 0 Å². The lowest BCUT2D eigenvalue weighted by atomic mass is 10.4. The Hall–Kier alpha value is -1.30. The zero-order valence-corrected chi connectivity index (χ0v) is 5.29. The van der Waals surface area contributed by atoms with Gasteiger partial charge in [0, 0.05) is 5.73 Å². The molecule has 0 atom stereocenters. The van der Waals surface area contributed by atoms with Gasteiger partial charge in [-0.05, 0) is 12.8 Å². The van der Waals surface area contributed by atoms with Gasteiger partial charge < -0.3 is 4.74 Å². The quantitative estimate of drug-likeness (QED) is 0.240. The van der Waals surface area contributed by atoms with Crippen LogP contribution in [-0.4, -0.2) is 11.9 Å². The summed E-state index contributed by atoms with van der Waals surface area (Å²) in [5, 5.41) is 0. The lowest BCUT2D eigenvalue weighted by molar-refractivity contribution is -0.139. The van der Waals surface area contributed by atoms with E-state index in [1.807, 2.05) is 5.73 Å². The van der Waals surface area contributed by atoms with Crippen molar-refractivity contribution < 1.29 is 14.3 Å². The van der Waals surface area contributed by atoms with Gasteiger partial charge in [0.2, 0.25) is 0 Å². The van der Waals surface area contributed by atoms with E-state index in [2.05, 4.69) is 4.74 Å². The predicted octanol–water partition coefficient (Wildman–Crippen LogP) is 0.440.